The Balaban J connectivity index is 1.76. The van der Waals surface area contributed by atoms with Gasteiger partial charge in [-0.05, 0) is 50.6 Å². The van der Waals surface area contributed by atoms with E-state index in [1.54, 1.807) is 25.1 Å². The Bertz CT molecular complexity index is 1390. The van der Waals surface area contributed by atoms with Crippen molar-refractivity contribution in [2.75, 3.05) is 23.3 Å². The molecule has 1 fully saturated rings. The zero-order valence-electron chi connectivity index (χ0n) is 19.5. The molecule has 36 heavy (non-hydrogen) atoms. The molecule has 8 nitrogen and oxygen atoms in total. The third-order valence-corrected chi connectivity index (χ3v) is 8.25. The van der Waals surface area contributed by atoms with Crippen molar-refractivity contribution in [3.63, 3.8) is 0 Å². The Morgan fingerprint density at radius 3 is 2.56 bits per heavy atom. The largest absolute Gasteiger partial charge is 0.480 e. The van der Waals surface area contributed by atoms with Gasteiger partial charge in [0.1, 0.15) is 11.9 Å². The molecule has 4 rings (SSSR count). The van der Waals surface area contributed by atoms with E-state index in [4.69, 9.17) is 0 Å². The van der Waals surface area contributed by atoms with Gasteiger partial charge in [0.05, 0.1) is 27.1 Å². The lowest BCUT2D eigenvalue weighted by atomic mass is 10.2. The van der Waals surface area contributed by atoms with Gasteiger partial charge in [-0.25, -0.2) is 17.9 Å². The summed E-state index contributed by atoms with van der Waals surface area (Å²) in [5.74, 6) is -0.932. The van der Waals surface area contributed by atoms with Crippen molar-refractivity contribution in [3.8, 4) is 5.69 Å². The second kappa shape index (κ2) is 9.49. The molecule has 3 aromatic rings. The molecule has 12 heteroatoms. The highest BCUT2D eigenvalue weighted by Gasteiger charge is 2.47. The standard InChI is InChI=1S/C24H25F3N4O4S/c1-3-28-16-7-6-8-17(12-16)31-22(11-15(2)29-31)30-14-18(13-20(30)23(32)33)36(34,35)21-10-5-4-9-19(21)24(25,26)27/h4-12,18,20,28H,3,13-14H2,1-2H3,(H,32,33)/t18-,20+/m1/s1. The number of carboxylic acids is 1. The number of rotatable bonds is 7. The number of anilines is 2. The van der Waals surface area contributed by atoms with E-state index in [1.165, 1.54) is 15.6 Å². The van der Waals surface area contributed by atoms with Crippen molar-refractivity contribution >= 4 is 27.3 Å². The molecular weight excluding hydrogens is 497 g/mol. The molecule has 0 bridgehead atoms. The summed E-state index contributed by atoms with van der Waals surface area (Å²) >= 11 is 0. The lowest BCUT2D eigenvalue weighted by Crippen LogP contribution is -2.37. The third kappa shape index (κ3) is 4.77. The monoisotopic (exact) mass is 522 g/mol. The smallest absolute Gasteiger partial charge is 0.417 e. The maximum Gasteiger partial charge on any atom is 0.417 e. The van der Waals surface area contributed by atoms with Crippen molar-refractivity contribution in [1.29, 1.82) is 0 Å². The summed E-state index contributed by atoms with van der Waals surface area (Å²) in [7, 11) is -4.51. The zero-order valence-corrected chi connectivity index (χ0v) is 20.3. The molecule has 1 aliphatic rings. The molecule has 0 spiro atoms. The highest BCUT2D eigenvalue weighted by molar-refractivity contribution is 7.92. The van der Waals surface area contributed by atoms with Crippen LogP contribution in [0.2, 0.25) is 0 Å². The topological polar surface area (TPSA) is 105 Å². The van der Waals surface area contributed by atoms with Crippen LogP contribution in [0.1, 0.15) is 24.6 Å². The van der Waals surface area contributed by atoms with Crippen LogP contribution < -0.4 is 10.2 Å². The molecule has 1 aromatic heterocycles. The number of nitrogens with zero attached hydrogens (tertiary/aromatic N) is 3. The van der Waals surface area contributed by atoms with Gasteiger partial charge in [0.25, 0.3) is 0 Å². The van der Waals surface area contributed by atoms with E-state index >= 15 is 0 Å². The predicted octanol–water partition coefficient (Wildman–Crippen LogP) is 4.14. The minimum absolute atomic E-state index is 0.302. The fraction of sp³-hybridized carbons (Fsp3) is 0.333. The van der Waals surface area contributed by atoms with Crippen molar-refractivity contribution < 1.29 is 31.5 Å². The molecule has 192 valence electrons. The maximum atomic E-state index is 13.6. The van der Waals surface area contributed by atoms with Crippen molar-refractivity contribution in [2.45, 2.75) is 42.6 Å². The van der Waals surface area contributed by atoms with Gasteiger partial charge in [-0.3, -0.25) is 0 Å². The Hall–Kier alpha value is -3.54. The SMILES string of the molecule is CCNc1cccc(-n2nc(C)cc2N2C[C@H](S(=O)(=O)c3ccccc3C(F)(F)F)C[C@H]2C(=O)O)c1. The fourth-order valence-electron chi connectivity index (χ4n) is 4.47. The van der Waals surface area contributed by atoms with Crippen LogP contribution in [0.4, 0.5) is 24.7 Å². The lowest BCUT2D eigenvalue weighted by Gasteiger charge is -2.24. The van der Waals surface area contributed by atoms with Gasteiger partial charge in [0, 0.05) is 24.8 Å². The fourth-order valence-corrected chi connectivity index (χ4v) is 6.38. The normalized spacial score (nSPS) is 18.4. The molecule has 0 saturated carbocycles. The van der Waals surface area contributed by atoms with Crippen LogP contribution in [0.15, 0.2) is 59.5 Å². The van der Waals surface area contributed by atoms with Crippen LogP contribution in [-0.2, 0) is 20.8 Å². The molecule has 1 aliphatic heterocycles. The average molecular weight is 523 g/mol. The van der Waals surface area contributed by atoms with Crippen molar-refractivity contribution in [1.82, 2.24) is 9.78 Å². The van der Waals surface area contributed by atoms with Gasteiger partial charge in [0.15, 0.2) is 9.84 Å². The number of carboxylic acid groups (broad SMARTS) is 1. The van der Waals surface area contributed by atoms with E-state index in [2.05, 4.69) is 10.4 Å². The molecule has 2 atom stereocenters. The predicted molar refractivity (Wildman–Crippen MR) is 128 cm³/mol. The first kappa shape index (κ1) is 25.5. The Morgan fingerprint density at radius 1 is 1.17 bits per heavy atom. The van der Waals surface area contributed by atoms with Crippen LogP contribution in [0, 0.1) is 6.92 Å². The van der Waals surface area contributed by atoms with Gasteiger partial charge in [-0.1, -0.05) is 18.2 Å². The summed E-state index contributed by atoms with van der Waals surface area (Å²) in [4.78, 5) is 12.7. The van der Waals surface area contributed by atoms with Crippen molar-refractivity contribution in [2.24, 2.45) is 0 Å². The molecule has 0 aliphatic carbocycles. The van der Waals surface area contributed by atoms with Crippen LogP contribution >= 0.6 is 0 Å². The highest BCUT2D eigenvalue weighted by atomic mass is 32.2. The number of nitrogens with one attached hydrogen (secondary N) is 1. The van der Waals surface area contributed by atoms with E-state index in [-0.39, 0.29) is 13.0 Å². The summed E-state index contributed by atoms with van der Waals surface area (Å²) in [5, 5.41) is 16.2. The van der Waals surface area contributed by atoms with Gasteiger partial charge in [0.2, 0.25) is 0 Å². The number of carbonyl (C=O) groups is 1. The molecule has 0 unspecified atom stereocenters. The minimum atomic E-state index is -4.87. The first-order valence-corrected chi connectivity index (χ1v) is 12.8. The van der Waals surface area contributed by atoms with E-state index in [9.17, 15) is 31.5 Å². The van der Waals surface area contributed by atoms with Crippen LogP contribution in [0.3, 0.4) is 0 Å². The summed E-state index contributed by atoms with van der Waals surface area (Å²) in [6, 6.07) is 11.6. The highest BCUT2D eigenvalue weighted by Crippen LogP contribution is 2.39. The molecule has 2 aromatic carbocycles. The van der Waals surface area contributed by atoms with Gasteiger partial charge >= 0.3 is 12.1 Å². The van der Waals surface area contributed by atoms with E-state index in [0.717, 1.165) is 17.8 Å². The second-order valence-corrected chi connectivity index (χ2v) is 10.7. The van der Waals surface area contributed by atoms with Crippen molar-refractivity contribution in [3.05, 3.63) is 65.9 Å². The average Bonchev–Trinajstić information content (AvgIpc) is 3.43. The molecule has 0 amide bonds. The lowest BCUT2D eigenvalue weighted by molar-refractivity contribution is -0.140. The first-order valence-electron chi connectivity index (χ1n) is 11.2. The quantitative estimate of drug-likeness (QED) is 0.481. The number of halogens is 3. The van der Waals surface area contributed by atoms with Crippen LogP contribution in [0.5, 0.6) is 0 Å². The Kier molecular flexibility index (Phi) is 6.74. The van der Waals surface area contributed by atoms with E-state index in [1.807, 2.05) is 19.1 Å². The summed E-state index contributed by atoms with van der Waals surface area (Å²) in [5.41, 5.74) is 0.733. The van der Waals surface area contributed by atoms with E-state index < -0.39 is 43.7 Å². The van der Waals surface area contributed by atoms with Crippen LogP contribution in [0.25, 0.3) is 5.69 Å². The molecular formula is C24H25F3N4O4S. The molecule has 2 heterocycles. The number of hydrogen-bond donors (Lipinski definition) is 2. The Labute approximate surface area is 206 Å². The first-order chi connectivity index (χ1) is 16.9. The second-order valence-electron chi connectivity index (χ2n) is 8.54. The van der Waals surface area contributed by atoms with Gasteiger partial charge in [-0.2, -0.15) is 18.3 Å². The number of benzene rings is 2. The Morgan fingerprint density at radius 2 is 1.89 bits per heavy atom. The number of aliphatic carboxylic acids is 1. The summed E-state index contributed by atoms with van der Waals surface area (Å²) in [6.07, 6.45) is -5.24. The van der Waals surface area contributed by atoms with Gasteiger partial charge < -0.3 is 15.3 Å². The molecule has 0 radical (unpaired) electrons. The maximum absolute atomic E-state index is 13.6. The number of hydrogen-bond acceptors (Lipinski definition) is 6. The summed E-state index contributed by atoms with van der Waals surface area (Å²) in [6.45, 7) is 4.03. The van der Waals surface area contributed by atoms with E-state index in [0.29, 0.717) is 29.8 Å². The number of sulfone groups is 1. The molecule has 2 N–H and O–H groups in total. The minimum Gasteiger partial charge on any atom is -0.480 e. The number of aryl methyl sites for hydroxylation is 1. The number of aromatic nitrogens is 2. The third-order valence-electron chi connectivity index (χ3n) is 6.06. The molecule has 1 saturated heterocycles. The van der Waals surface area contributed by atoms with Gasteiger partial charge in [-0.15, -0.1) is 0 Å². The van der Waals surface area contributed by atoms with Crippen LogP contribution in [-0.4, -0.2) is 53.7 Å². The zero-order chi connectivity index (χ0) is 26.3. The summed E-state index contributed by atoms with van der Waals surface area (Å²) < 4.78 is 68.9. The number of alkyl halides is 3.